The lowest BCUT2D eigenvalue weighted by Gasteiger charge is -2.28. The molecule has 2 atom stereocenters. The van der Waals surface area contributed by atoms with Crippen LogP contribution in [0.2, 0.25) is 0 Å². The summed E-state index contributed by atoms with van der Waals surface area (Å²) in [4.78, 5) is 26.8. The smallest absolute Gasteiger partial charge is 0.226 e. The minimum atomic E-state index is -0.319. The second-order valence-corrected chi connectivity index (χ2v) is 6.43. The largest absolute Gasteiger partial charge is 0.383 e. The van der Waals surface area contributed by atoms with Gasteiger partial charge in [-0.2, -0.15) is 0 Å². The number of carbonyl (C=O) groups excluding carboxylic acids is 2. The second kappa shape index (κ2) is 7.13. The Morgan fingerprint density at radius 3 is 2.70 bits per heavy atom. The topological polar surface area (TPSA) is 58.6 Å². The Morgan fingerprint density at radius 2 is 2.04 bits per heavy atom. The fourth-order valence-electron chi connectivity index (χ4n) is 3.24. The van der Waals surface area contributed by atoms with Gasteiger partial charge in [0.15, 0.2) is 0 Å². The van der Waals surface area contributed by atoms with Gasteiger partial charge in [-0.15, -0.1) is 0 Å². The average Bonchev–Trinajstić information content (AvgIpc) is 3.34. The van der Waals surface area contributed by atoms with Crippen molar-refractivity contribution in [3.8, 4) is 0 Å². The van der Waals surface area contributed by atoms with Crippen LogP contribution in [0.25, 0.3) is 0 Å². The Hall–Kier alpha value is -1.88. The molecular formula is C18H24N2O3. The van der Waals surface area contributed by atoms with Crippen molar-refractivity contribution >= 4 is 11.8 Å². The highest BCUT2D eigenvalue weighted by atomic mass is 16.5. The van der Waals surface area contributed by atoms with E-state index >= 15 is 0 Å². The highest BCUT2D eigenvalue weighted by Gasteiger charge is 2.44. The van der Waals surface area contributed by atoms with Gasteiger partial charge in [-0.05, 0) is 24.3 Å². The van der Waals surface area contributed by atoms with E-state index < -0.39 is 0 Å². The molecule has 1 N–H and O–H groups in total. The van der Waals surface area contributed by atoms with Crippen LogP contribution in [0.5, 0.6) is 0 Å². The summed E-state index contributed by atoms with van der Waals surface area (Å²) in [6.07, 6.45) is 2.68. The molecule has 1 saturated carbocycles. The predicted molar refractivity (Wildman–Crippen MR) is 86.6 cm³/mol. The number of carbonyl (C=O) groups is 2. The zero-order valence-electron chi connectivity index (χ0n) is 13.5. The second-order valence-electron chi connectivity index (χ2n) is 6.43. The first-order chi connectivity index (χ1) is 11.2. The Kier molecular flexibility index (Phi) is 4.96. The third-order valence-electron chi connectivity index (χ3n) is 4.71. The van der Waals surface area contributed by atoms with Crippen molar-refractivity contribution in [2.24, 2.45) is 11.8 Å². The van der Waals surface area contributed by atoms with Crippen LogP contribution in [0.4, 0.5) is 0 Å². The maximum absolute atomic E-state index is 12.6. The molecule has 0 radical (unpaired) electrons. The molecule has 2 fully saturated rings. The number of methoxy groups -OCH3 is 1. The van der Waals surface area contributed by atoms with Gasteiger partial charge in [-0.3, -0.25) is 9.59 Å². The predicted octanol–water partition coefficient (Wildman–Crippen LogP) is 1.75. The monoisotopic (exact) mass is 316 g/mol. The molecular weight excluding hydrogens is 292 g/mol. The lowest BCUT2D eigenvalue weighted by Crippen LogP contribution is -2.37. The molecule has 2 amide bonds. The Balaban J connectivity index is 1.78. The van der Waals surface area contributed by atoms with E-state index in [0.717, 1.165) is 12.1 Å². The van der Waals surface area contributed by atoms with E-state index in [-0.39, 0.29) is 30.2 Å². The van der Waals surface area contributed by atoms with Crippen LogP contribution in [0.15, 0.2) is 30.3 Å². The van der Waals surface area contributed by atoms with E-state index in [2.05, 4.69) is 5.32 Å². The summed E-state index contributed by atoms with van der Waals surface area (Å²) in [6.45, 7) is 1.73. The van der Waals surface area contributed by atoms with Crippen molar-refractivity contribution in [2.75, 3.05) is 26.8 Å². The molecule has 0 spiro atoms. The number of ether oxygens (including phenoxy) is 1. The average molecular weight is 316 g/mol. The summed E-state index contributed by atoms with van der Waals surface area (Å²) < 4.78 is 5.12. The number of hydrogen-bond donors (Lipinski definition) is 1. The van der Waals surface area contributed by atoms with Gasteiger partial charge in [-0.25, -0.2) is 0 Å². The summed E-state index contributed by atoms with van der Waals surface area (Å²) in [5.41, 5.74) is 1.01. The first-order valence-corrected chi connectivity index (χ1v) is 8.31. The number of likely N-dealkylation sites (tertiary alicyclic amines) is 1. The summed E-state index contributed by atoms with van der Waals surface area (Å²) in [5.74, 6) is 0.345. The van der Waals surface area contributed by atoms with Crippen LogP contribution >= 0.6 is 0 Å². The number of benzene rings is 1. The molecule has 0 unspecified atom stereocenters. The first kappa shape index (κ1) is 16.0. The van der Waals surface area contributed by atoms with E-state index in [1.54, 1.807) is 12.0 Å². The highest BCUT2D eigenvalue weighted by molar-refractivity contribution is 5.90. The zero-order valence-corrected chi connectivity index (χ0v) is 13.5. The molecule has 3 rings (SSSR count). The molecule has 1 heterocycles. The highest BCUT2D eigenvalue weighted by Crippen LogP contribution is 2.38. The molecule has 5 nitrogen and oxygen atoms in total. The van der Waals surface area contributed by atoms with E-state index in [1.807, 2.05) is 30.3 Å². The maximum Gasteiger partial charge on any atom is 0.226 e. The number of rotatable bonds is 7. The molecule has 23 heavy (non-hydrogen) atoms. The molecule has 1 saturated heterocycles. The first-order valence-electron chi connectivity index (χ1n) is 8.31. The van der Waals surface area contributed by atoms with Gasteiger partial charge in [-0.1, -0.05) is 30.3 Å². The molecule has 1 aromatic carbocycles. The zero-order chi connectivity index (χ0) is 16.2. The SMILES string of the molecule is COCCN1C(=O)C[C@@H](C(=O)NCC2CC2)[C@@H]1c1ccccc1. The number of nitrogens with one attached hydrogen (secondary N) is 1. The van der Waals surface area contributed by atoms with Crippen molar-refractivity contribution in [3.05, 3.63) is 35.9 Å². The van der Waals surface area contributed by atoms with Crippen LogP contribution in [-0.2, 0) is 14.3 Å². The van der Waals surface area contributed by atoms with E-state index in [1.165, 1.54) is 12.8 Å². The van der Waals surface area contributed by atoms with E-state index in [0.29, 0.717) is 19.1 Å². The summed E-state index contributed by atoms with van der Waals surface area (Å²) >= 11 is 0. The van der Waals surface area contributed by atoms with Crippen molar-refractivity contribution in [3.63, 3.8) is 0 Å². The van der Waals surface area contributed by atoms with Gasteiger partial charge in [0.05, 0.1) is 18.6 Å². The van der Waals surface area contributed by atoms with Crippen LogP contribution in [0, 0.1) is 11.8 Å². The number of amides is 2. The van der Waals surface area contributed by atoms with Gasteiger partial charge in [0.1, 0.15) is 0 Å². The molecule has 1 aliphatic carbocycles. The normalized spacial score (nSPS) is 24.0. The van der Waals surface area contributed by atoms with E-state index in [9.17, 15) is 9.59 Å². The minimum Gasteiger partial charge on any atom is -0.383 e. The third-order valence-corrected chi connectivity index (χ3v) is 4.71. The molecule has 1 aliphatic heterocycles. The quantitative estimate of drug-likeness (QED) is 0.834. The molecule has 5 heteroatoms. The van der Waals surface area contributed by atoms with Crippen molar-refractivity contribution in [1.29, 1.82) is 0 Å². The van der Waals surface area contributed by atoms with Gasteiger partial charge in [0.2, 0.25) is 11.8 Å². The Bertz CT molecular complexity index is 557. The van der Waals surface area contributed by atoms with Crippen LogP contribution in [-0.4, -0.2) is 43.5 Å². The Morgan fingerprint density at radius 1 is 1.30 bits per heavy atom. The van der Waals surface area contributed by atoms with Crippen LogP contribution in [0.3, 0.4) is 0 Å². The van der Waals surface area contributed by atoms with Crippen molar-refractivity contribution in [1.82, 2.24) is 10.2 Å². The molecule has 0 bridgehead atoms. The van der Waals surface area contributed by atoms with Gasteiger partial charge < -0.3 is 15.0 Å². The lowest BCUT2D eigenvalue weighted by atomic mass is 9.92. The fourth-order valence-corrected chi connectivity index (χ4v) is 3.24. The van der Waals surface area contributed by atoms with E-state index in [4.69, 9.17) is 4.74 Å². The number of nitrogens with zero attached hydrogens (tertiary/aromatic N) is 1. The maximum atomic E-state index is 12.6. The fraction of sp³-hybridized carbons (Fsp3) is 0.556. The molecule has 2 aliphatic rings. The molecule has 124 valence electrons. The minimum absolute atomic E-state index is 0.000908. The number of hydrogen-bond acceptors (Lipinski definition) is 3. The summed E-state index contributed by atoms with van der Waals surface area (Å²) in [6, 6.07) is 9.63. The lowest BCUT2D eigenvalue weighted by molar-refractivity contribution is -0.129. The standard InChI is InChI=1S/C18H24N2O3/c1-23-10-9-20-16(21)11-15(18(22)19-12-13-7-8-13)17(20)14-5-3-2-4-6-14/h2-6,13,15,17H,7-12H2,1H3,(H,19,22)/t15-,17+/m1/s1. The van der Waals surface area contributed by atoms with Crippen LogP contribution in [0.1, 0.15) is 30.9 Å². The Labute approximate surface area is 137 Å². The van der Waals surface area contributed by atoms with Gasteiger partial charge in [0, 0.05) is 26.6 Å². The molecule has 0 aromatic heterocycles. The van der Waals surface area contributed by atoms with Gasteiger partial charge >= 0.3 is 0 Å². The van der Waals surface area contributed by atoms with Gasteiger partial charge in [0.25, 0.3) is 0 Å². The molecule has 1 aromatic rings. The summed E-state index contributed by atoms with van der Waals surface area (Å²) in [7, 11) is 1.62. The van der Waals surface area contributed by atoms with Crippen molar-refractivity contribution < 1.29 is 14.3 Å². The van der Waals surface area contributed by atoms with Crippen LogP contribution < -0.4 is 5.32 Å². The third kappa shape index (κ3) is 3.72. The summed E-state index contributed by atoms with van der Waals surface area (Å²) in [5, 5.41) is 3.03. The van der Waals surface area contributed by atoms with Crippen molar-refractivity contribution in [2.45, 2.75) is 25.3 Å².